The zero-order valence-electron chi connectivity index (χ0n) is 9.28. The number of carbonyl (C=O) groups is 2. The molecule has 0 aromatic heterocycles. The number of benzene rings is 1. The van der Waals surface area contributed by atoms with E-state index in [9.17, 15) is 9.59 Å². The lowest BCUT2D eigenvalue weighted by Crippen LogP contribution is -2.35. The van der Waals surface area contributed by atoms with Gasteiger partial charge in [0.05, 0.1) is 5.69 Å². The van der Waals surface area contributed by atoms with Crippen molar-refractivity contribution in [2.24, 2.45) is 0 Å². The number of anilines is 2. The van der Waals surface area contributed by atoms with Crippen LogP contribution in [0.3, 0.4) is 0 Å². The van der Waals surface area contributed by atoms with Crippen LogP contribution in [0.5, 0.6) is 0 Å². The molecule has 17 heavy (non-hydrogen) atoms. The van der Waals surface area contributed by atoms with Gasteiger partial charge in [-0.25, -0.2) is 0 Å². The summed E-state index contributed by atoms with van der Waals surface area (Å²) < 4.78 is 0.694. The number of rotatable bonds is 1. The van der Waals surface area contributed by atoms with Crippen LogP contribution in [0.2, 0.25) is 0 Å². The van der Waals surface area contributed by atoms with Crippen molar-refractivity contribution in [3.05, 3.63) is 22.7 Å². The van der Waals surface area contributed by atoms with Crippen molar-refractivity contribution < 1.29 is 9.59 Å². The van der Waals surface area contributed by atoms with Crippen molar-refractivity contribution in [3.8, 4) is 0 Å². The topological polar surface area (TPSA) is 63.4 Å². The van der Waals surface area contributed by atoms with Crippen molar-refractivity contribution in [1.29, 1.82) is 0 Å². The molecule has 1 aliphatic rings. The lowest BCUT2D eigenvalue weighted by Gasteiger charge is -2.19. The van der Waals surface area contributed by atoms with Gasteiger partial charge in [-0.1, -0.05) is 0 Å². The summed E-state index contributed by atoms with van der Waals surface area (Å²) in [6.45, 7) is 0. The molecule has 4 nitrogen and oxygen atoms in total. The molecule has 0 saturated carbocycles. The van der Waals surface area contributed by atoms with E-state index in [4.69, 9.17) is 5.73 Å². The van der Waals surface area contributed by atoms with E-state index in [0.717, 1.165) is 12.8 Å². The summed E-state index contributed by atoms with van der Waals surface area (Å²) in [7, 11) is 0. The first-order valence-corrected chi connectivity index (χ1v) is 6.29. The van der Waals surface area contributed by atoms with Gasteiger partial charge in [-0.3, -0.25) is 14.5 Å². The van der Waals surface area contributed by atoms with Crippen LogP contribution in [0, 0.1) is 0 Å². The minimum absolute atomic E-state index is 0.135. The predicted molar refractivity (Wildman–Crippen MR) is 69.5 cm³/mol. The summed E-state index contributed by atoms with van der Waals surface area (Å²) in [5.74, 6) is -0.270. The van der Waals surface area contributed by atoms with E-state index in [0.29, 0.717) is 28.7 Å². The maximum atomic E-state index is 11.9. The van der Waals surface area contributed by atoms with E-state index in [2.05, 4.69) is 15.9 Å². The number of nitrogens with zero attached hydrogens (tertiary/aromatic N) is 1. The molecule has 2 N–H and O–H groups in total. The van der Waals surface area contributed by atoms with Gasteiger partial charge < -0.3 is 5.73 Å². The number of nitrogens with two attached hydrogens (primary N) is 1. The van der Waals surface area contributed by atoms with Crippen LogP contribution in [0.15, 0.2) is 22.7 Å². The smallest absolute Gasteiger partial charge is 0.233 e. The monoisotopic (exact) mass is 296 g/mol. The molecule has 0 unspecified atom stereocenters. The molecule has 1 aromatic rings. The normalized spacial score (nSPS) is 17.1. The maximum absolute atomic E-state index is 11.9. The lowest BCUT2D eigenvalue weighted by atomic mass is 10.2. The number of carbonyl (C=O) groups excluding carboxylic acids is 2. The summed E-state index contributed by atoms with van der Waals surface area (Å²) >= 11 is 3.30. The minimum Gasteiger partial charge on any atom is -0.398 e. The van der Waals surface area contributed by atoms with Crippen LogP contribution < -0.4 is 10.6 Å². The van der Waals surface area contributed by atoms with Gasteiger partial charge in [0.25, 0.3) is 0 Å². The highest BCUT2D eigenvalue weighted by molar-refractivity contribution is 9.10. The Morgan fingerprint density at radius 2 is 1.71 bits per heavy atom. The average molecular weight is 297 g/mol. The Labute approximate surface area is 108 Å². The number of amides is 2. The van der Waals surface area contributed by atoms with Crippen LogP contribution in [0.1, 0.15) is 25.7 Å². The molecule has 1 saturated heterocycles. The number of hydrogen-bond donors (Lipinski definition) is 1. The van der Waals surface area contributed by atoms with Crippen LogP contribution in [0.25, 0.3) is 0 Å². The first-order chi connectivity index (χ1) is 8.09. The SMILES string of the molecule is Nc1ccc(N2C(=O)CCCCC2=O)cc1Br. The maximum Gasteiger partial charge on any atom is 0.233 e. The van der Waals surface area contributed by atoms with Gasteiger partial charge in [-0.2, -0.15) is 0 Å². The second-order valence-electron chi connectivity index (χ2n) is 4.04. The van der Waals surface area contributed by atoms with E-state index in [1.165, 1.54) is 4.90 Å². The van der Waals surface area contributed by atoms with E-state index in [1.807, 2.05) is 0 Å². The average Bonchev–Trinajstić information content (AvgIpc) is 2.45. The Morgan fingerprint density at radius 3 is 2.24 bits per heavy atom. The van der Waals surface area contributed by atoms with E-state index in [-0.39, 0.29) is 11.8 Å². The lowest BCUT2D eigenvalue weighted by molar-refractivity contribution is -0.125. The van der Waals surface area contributed by atoms with Crippen LogP contribution in [-0.2, 0) is 9.59 Å². The predicted octanol–water partition coefficient (Wildman–Crippen LogP) is 2.46. The van der Waals surface area contributed by atoms with Crippen molar-refractivity contribution in [2.75, 3.05) is 10.6 Å². The molecule has 5 heteroatoms. The van der Waals surface area contributed by atoms with Crippen molar-refractivity contribution in [1.82, 2.24) is 0 Å². The minimum atomic E-state index is -0.135. The molecule has 2 rings (SSSR count). The summed E-state index contributed by atoms with van der Waals surface area (Å²) in [6.07, 6.45) is 2.40. The zero-order valence-corrected chi connectivity index (χ0v) is 10.9. The highest BCUT2D eigenvalue weighted by Crippen LogP contribution is 2.28. The van der Waals surface area contributed by atoms with Gasteiger partial charge in [0.15, 0.2) is 0 Å². The quantitative estimate of drug-likeness (QED) is 0.639. The Balaban J connectivity index is 2.38. The molecular formula is C12H13BrN2O2. The third kappa shape index (κ3) is 2.49. The van der Waals surface area contributed by atoms with Gasteiger partial charge in [0.1, 0.15) is 0 Å². The van der Waals surface area contributed by atoms with E-state index >= 15 is 0 Å². The Morgan fingerprint density at radius 1 is 1.12 bits per heavy atom. The molecule has 0 spiro atoms. The number of imide groups is 1. The molecule has 90 valence electrons. The molecule has 1 aliphatic heterocycles. The van der Waals surface area contributed by atoms with Crippen LogP contribution in [-0.4, -0.2) is 11.8 Å². The van der Waals surface area contributed by atoms with Gasteiger partial charge >= 0.3 is 0 Å². The standard InChI is InChI=1S/C12H13BrN2O2/c13-9-7-8(5-6-10(9)14)15-11(16)3-1-2-4-12(15)17/h5-7H,1-4,14H2. The first kappa shape index (κ1) is 12.1. The Kier molecular flexibility index (Phi) is 3.47. The van der Waals surface area contributed by atoms with Gasteiger partial charge in [-0.05, 0) is 47.0 Å². The van der Waals surface area contributed by atoms with Crippen molar-refractivity contribution >= 4 is 39.1 Å². The van der Waals surface area contributed by atoms with Gasteiger partial charge in [-0.15, -0.1) is 0 Å². The van der Waals surface area contributed by atoms with E-state index in [1.54, 1.807) is 18.2 Å². The highest BCUT2D eigenvalue weighted by atomic mass is 79.9. The molecule has 2 amide bonds. The zero-order chi connectivity index (χ0) is 12.4. The third-order valence-electron chi connectivity index (χ3n) is 2.77. The van der Waals surface area contributed by atoms with Gasteiger partial charge in [0, 0.05) is 23.0 Å². The van der Waals surface area contributed by atoms with Gasteiger partial charge in [0.2, 0.25) is 11.8 Å². The highest BCUT2D eigenvalue weighted by Gasteiger charge is 2.25. The molecular weight excluding hydrogens is 284 g/mol. The fourth-order valence-corrected chi connectivity index (χ4v) is 2.22. The summed E-state index contributed by atoms with van der Waals surface area (Å²) in [5.41, 5.74) is 6.86. The van der Waals surface area contributed by atoms with Crippen LogP contribution >= 0.6 is 15.9 Å². The molecule has 1 fully saturated rings. The molecule has 0 atom stereocenters. The second kappa shape index (κ2) is 4.87. The molecule has 0 bridgehead atoms. The summed E-state index contributed by atoms with van der Waals surface area (Å²) in [6, 6.07) is 5.09. The van der Waals surface area contributed by atoms with Crippen LogP contribution in [0.4, 0.5) is 11.4 Å². The first-order valence-electron chi connectivity index (χ1n) is 5.50. The Hall–Kier alpha value is -1.36. The largest absolute Gasteiger partial charge is 0.398 e. The molecule has 1 heterocycles. The fourth-order valence-electron chi connectivity index (χ4n) is 1.86. The van der Waals surface area contributed by atoms with Crippen molar-refractivity contribution in [2.45, 2.75) is 25.7 Å². The third-order valence-corrected chi connectivity index (χ3v) is 3.46. The summed E-state index contributed by atoms with van der Waals surface area (Å²) in [4.78, 5) is 25.0. The number of nitrogen functional groups attached to an aromatic ring is 1. The number of halogens is 1. The summed E-state index contributed by atoms with van der Waals surface area (Å²) in [5, 5.41) is 0. The molecule has 0 aliphatic carbocycles. The fraction of sp³-hybridized carbons (Fsp3) is 0.333. The molecule has 0 radical (unpaired) electrons. The Bertz CT molecular complexity index is 456. The second-order valence-corrected chi connectivity index (χ2v) is 4.89. The van der Waals surface area contributed by atoms with Crippen molar-refractivity contribution in [3.63, 3.8) is 0 Å². The molecule has 1 aromatic carbocycles. The number of hydrogen-bond acceptors (Lipinski definition) is 3. The van der Waals surface area contributed by atoms with E-state index < -0.39 is 0 Å².